The maximum Gasteiger partial charge on any atom is 0.416 e. The molecule has 1 aliphatic rings. The summed E-state index contributed by atoms with van der Waals surface area (Å²) in [4.78, 5) is 4.27. The minimum Gasteiger partial charge on any atom is -0.475 e. The molecule has 0 N–H and O–H groups in total. The summed E-state index contributed by atoms with van der Waals surface area (Å²) in [5.74, 6) is 0.589. The first-order valence-electron chi connectivity index (χ1n) is 8.25. The van der Waals surface area contributed by atoms with Crippen molar-refractivity contribution in [2.45, 2.75) is 12.7 Å². The molecule has 0 unspecified atom stereocenters. The van der Waals surface area contributed by atoms with Crippen molar-refractivity contribution in [3.05, 3.63) is 53.5 Å². The predicted octanol–water partition coefficient (Wildman–Crippen LogP) is 5.24. The Bertz CT molecular complexity index is 1160. The molecular formula is C19H12F3N3OS. The largest absolute Gasteiger partial charge is 0.475 e. The zero-order valence-corrected chi connectivity index (χ0v) is 14.6. The zero-order valence-electron chi connectivity index (χ0n) is 13.8. The van der Waals surface area contributed by atoms with Crippen molar-refractivity contribution in [2.24, 2.45) is 0 Å². The molecule has 4 aromatic rings. The van der Waals surface area contributed by atoms with Gasteiger partial charge in [-0.25, -0.2) is 9.67 Å². The third-order valence-corrected chi connectivity index (χ3v) is 5.32. The van der Waals surface area contributed by atoms with Crippen molar-refractivity contribution in [3.8, 4) is 28.3 Å². The van der Waals surface area contributed by atoms with Crippen LogP contribution in [0.25, 0.3) is 32.6 Å². The molecular weight excluding hydrogens is 375 g/mol. The van der Waals surface area contributed by atoms with E-state index in [0.29, 0.717) is 35.9 Å². The van der Waals surface area contributed by atoms with Crippen molar-refractivity contribution in [2.75, 3.05) is 6.61 Å². The molecule has 0 saturated carbocycles. The van der Waals surface area contributed by atoms with Gasteiger partial charge in [-0.15, -0.1) is 11.3 Å². The lowest BCUT2D eigenvalue weighted by atomic mass is 9.99. The number of ether oxygens (including phenoxy) is 1. The second kappa shape index (κ2) is 5.82. The molecule has 2 aromatic heterocycles. The summed E-state index contributed by atoms with van der Waals surface area (Å²) < 4.78 is 47.9. The van der Waals surface area contributed by atoms with Gasteiger partial charge in [-0.2, -0.15) is 18.3 Å². The first-order chi connectivity index (χ1) is 13.0. The highest BCUT2D eigenvalue weighted by molar-refractivity contribution is 7.16. The summed E-state index contributed by atoms with van der Waals surface area (Å²) >= 11 is 1.51. The smallest absolute Gasteiger partial charge is 0.416 e. The van der Waals surface area contributed by atoms with Crippen LogP contribution in [0.3, 0.4) is 0 Å². The average molecular weight is 387 g/mol. The van der Waals surface area contributed by atoms with E-state index in [9.17, 15) is 13.2 Å². The van der Waals surface area contributed by atoms with E-state index in [-0.39, 0.29) is 0 Å². The van der Waals surface area contributed by atoms with Gasteiger partial charge in [-0.3, -0.25) is 0 Å². The van der Waals surface area contributed by atoms with Crippen LogP contribution in [0.15, 0.2) is 48.0 Å². The van der Waals surface area contributed by atoms with Crippen LogP contribution in [0, 0.1) is 0 Å². The van der Waals surface area contributed by atoms with Gasteiger partial charge < -0.3 is 4.74 Å². The van der Waals surface area contributed by atoms with Crippen LogP contribution in [0.4, 0.5) is 13.2 Å². The molecule has 0 radical (unpaired) electrons. The van der Waals surface area contributed by atoms with E-state index in [1.165, 1.54) is 17.4 Å². The van der Waals surface area contributed by atoms with Gasteiger partial charge in [-0.1, -0.05) is 18.2 Å². The number of thiazole rings is 1. The highest BCUT2D eigenvalue weighted by Crippen LogP contribution is 2.43. The zero-order chi connectivity index (χ0) is 18.6. The van der Waals surface area contributed by atoms with Gasteiger partial charge >= 0.3 is 6.18 Å². The van der Waals surface area contributed by atoms with Gasteiger partial charge in [0.15, 0.2) is 0 Å². The molecule has 0 saturated heterocycles. The number of hydrogen-bond donors (Lipinski definition) is 0. The molecule has 0 fully saturated rings. The highest BCUT2D eigenvalue weighted by Gasteiger charge is 2.32. The SMILES string of the molecule is FC(F)(F)c1cccc(-c2nn3c(c2-c2ccc4ncsc4c2)OCC3)c1. The minimum absolute atomic E-state index is 0.412. The molecule has 8 heteroatoms. The van der Waals surface area contributed by atoms with E-state index in [0.717, 1.165) is 27.9 Å². The second-order valence-electron chi connectivity index (χ2n) is 6.21. The van der Waals surface area contributed by atoms with Crippen LogP contribution in [-0.4, -0.2) is 21.4 Å². The number of fused-ring (bicyclic) bond motifs is 2. The topological polar surface area (TPSA) is 39.9 Å². The van der Waals surface area contributed by atoms with Crippen LogP contribution in [-0.2, 0) is 12.7 Å². The summed E-state index contributed by atoms with van der Waals surface area (Å²) in [6.45, 7) is 1.07. The maximum atomic E-state index is 13.2. The molecule has 0 atom stereocenters. The summed E-state index contributed by atoms with van der Waals surface area (Å²) in [5, 5.41) is 4.54. The lowest BCUT2D eigenvalue weighted by Crippen LogP contribution is -2.04. The molecule has 0 spiro atoms. The van der Waals surface area contributed by atoms with Crippen LogP contribution < -0.4 is 4.74 Å². The number of nitrogens with zero attached hydrogens (tertiary/aromatic N) is 3. The molecule has 5 rings (SSSR count). The normalized spacial score (nSPS) is 13.7. The highest BCUT2D eigenvalue weighted by atomic mass is 32.1. The van der Waals surface area contributed by atoms with Gasteiger partial charge in [-0.05, 0) is 29.8 Å². The fraction of sp³-hybridized carbons (Fsp3) is 0.158. The van der Waals surface area contributed by atoms with E-state index in [2.05, 4.69) is 10.1 Å². The molecule has 0 amide bonds. The van der Waals surface area contributed by atoms with Crippen molar-refractivity contribution in [3.63, 3.8) is 0 Å². The Kier molecular flexibility index (Phi) is 3.51. The van der Waals surface area contributed by atoms with Crippen LogP contribution in [0.1, 0.15) is 5.56 Å². The van der Waals surface area contributed by atoms with Crippen LogP contribution in [0.5, 0.6) is 5.88 Å². The van der Waals surface area contributed by atoms with E-state index in [1.807, 2.05) is 18.2 Å². The Labute approximate surface area is 155 Å². The van der Waals surface area contributed by atoms with Gasteiger partial charge in [0.1, 0.15) is 12.3 Å². The number of benzene rings is 2. The molecule has 2 aromatic carbocycles. The number of halogens is 3. The monoisotopic (exact) mass is 387 g/mol. The Hall–Kier alpha value is -2.87. The number of alkyl halides is 3. The first-order valence-corrected chi connectivity index (χ1v) is 9.13. The minimum atomic E-state index is -4.41. The number of rotatable bonds is 2. The van der Waals surface area contributed by atoms with Crippen molar-refractivity contribution >= 4 is 21.6 Å². The fourth-order valence-electron chi connectivity index (χ4n) is 3.29. The van der Waals surface area contributed by atoms with Gasteiger partial charge in [0.2, 0.25) is 5.88 Å². The van der Waals surface area contributed by atoms with Crippen molar-refractivity contribution in [1.29, 1.82) is 0 Å². The van der Waals surface area contributed by atoms with Crippen molar-refractivity contribution in [1.82, 2.24) is 14.8 Å². The third kappa shape index (κ3) is 2.68. The van der Waals surface area contributed by atoms with Gasteiger partial charge in [0.25, 0.3) is 0 Å². The van der Waals surface area contributed by atoms with Gasteiger partial charge in [0, 0.05) is 5.56 Å². The Morgan fingerprint density at radius 2 is 1.96 bits per heavy atom. The van der Waals surface area contributed by atoms with E-state index < -0.39 is 11.7 Å². The Morgan fingerprint density at radius 3 is 2.81 bits per heavy atom. The molecule has 3 heterocycles. The second-order valence-corrected chi connectivity index (χ2v) is 7.10. The molecule has 136 valence electrons. The summed E-state index contributed by atoms with van der Waals surface area (Å²) in [7, 11) is 0. The lowest BCUT2D eigenvalue weighted by molar-refractivity contribution is -0.137. The summed E-state index contributed by atoms with van der Waals surface area (Å²) in [6.07, 6.45) is -4.41. The Balaban J connectivity index is 1.72. The third-order valence-electron chi connectivity index (χ3n) is 4.53. The maximum absolute atomic E-state index is 13.2. The number of hydrogen-bond acceptors (Lipinski definition) is 4. The van der Waals surface area contributed by atoms with Crippen molar-refractivity contribution < 1.29 is 17.9 Å². The number of aromatic nitrogens is 3. The van der Waals surface area contributed by atoms with E-state index in [1.54, 1.807) is 16.3 Å². The van der Waals surface area contributed by atoms with E-state index in [4.69, 9.17) is 4.74 Å². The predicted molar refractivity (Wildman–Crippen MR) is 96.8 cm³/mol. The first kappa shape index (κ1) is 16.3. The van der Waals surface area contributed by atoms with Crippen LogP contribution >= 0.6 is 11.3 Å². The lowest BCUT2D eigenvalue weighted by Gasteiger charge is -2.09. The molecule has 0 bridgehead atoms. The quantitative estimate of drug-likeness (QED) is 0.472. The summed E-state index contributed by atoms with van der Waals surface area (Å²) in [6, 6.07) is 11.0. The standard InChI is InChI=1S/C19H12F3N3OS/c20-19(21,22)13-3-1-2-12(8-13)17-16(18-25(24-17)6-7-26-18)11-4-5-14-15(9-11)27-10-23-14/h1-5,8-10H,6-7H2. The molecule has 1 aliphatic heterocycles. The fourth-order valence-corrected chi connectivity index (χ4v) is 4.01. The Morgan fingerprint density at radius 1 is 1.07 bits per heavy atom. The van der Waals surface area contributed by atoms with Gasteiger partial charge in [0.05, 0.1) is 33.4 Å². The summed E-state index contributed by atoms with van der Waals surface area (Å²) in [5.41, 5.74) is 4.41. The molecule has 4 nitrogen and oxygen atoms in total. The average Bonchev–Trinajstić information content (AvgIpc) is 3.35. The van der Waals surface area contributed by atoms with Crippen LogP contribution in [0.2, 0.25) is 0 Å². The molecule has 0 aliphatic carbocycles. The van der Waals surface area contributed by atoms with E-state index >= 15 is 0 Å². The molecule has 27 heavy (non-hydrogen) atoms.